The highest BCUT2D eigenvalue weighted by molar-refractivity contribution is 6.09. The Morgan fingerprint density at radius 3 is 2.43 bits per heavy atom. The summed E-state index contributed by atoms with van der Waals surface area (Å²) in [6.07, 6.45) is -4.09. The van der Waals surface area contributed by atoms with Gasteiger partial charge in [0.25, 0.3) is 11.5 Å². The lowest BCUT2D eigenvalue weighted by molar-refractivity contribution is -0.136. The Balaban J connectivity index is 2.15. The molecule has 3 rings (SSSR count). The third kappa shape index (κ3) is 3.45. The SMILES string of the molecule is CCCn1c(=O)c(C(=O)Nc2ccccc2C(F)(F)F)c(O)c2ccccc21. The van der Waals surface area contributed by atoms with Crippen LogP contribution in [-0.2, 0) is 12.7 Å². The summed E-state index contributed by atoms with van der Waals surface area (Å²) in [7, 11) is 0. The van der Waals surface area contributed by atoms with Gasteiger partial charge in [0.05, 0.1) is 16.8 Å². The van der Waals surface area contributed by atoms with E-state index in [1.54, 1.807) is 18.2 Å². The Morgan fingerprint density at radius 2 is 1.75 bits per heavy atom. The maximum Gasteiger partial charge on any atom is 0.418 e. The monoisotopic (exact) mass is 390 g/mol. The van der Waals surface area contributed by atoms with Gasteiger partial charge < -0.3 is 15.0 Å². The van der Waals surface area contributed by atoms with Gasteiger partial charge in [-0.15, -0.1) is 0 Å². The quantitative estimate of drug-likeness (QED) is 0.694. The molecule has 0 bridgehead atoms. The normalized spacial score (nSPS) is 11.6. The highest BCUT2D eigenvalue weighted by Crippen LogP contribution is 2.35. The van der Waals surface area contributed by atoms with Crippen molar-refractivity contribution in [3.63, 3.8) is 0 Å². The van der Waals surface area contributed by atoms with Crippen LogP contribution in [0.15, 0.2) is 53.3 Å². The van der Waals surface area contributed by atoms with Gasteiger partial charge >= 0.3 is 6.18 Å². The van der Waals surface area contributed by atoms with E-state index >= 15 is 0 Å². The molecule has 8 heteroatoms. The lowest BCUT2D eigenvalue weighted by Crippen LogP contribution is -2.30. The number of alkyl halides is 3. The van der Waals surface area contributed by atoms with Crippen molar-refractivity contribution in [2.45, 2.75) is 26.1 Å². The molecule has 146 valence electrons. The molecule has 0 aliphatic carbocycles. The van der Waals surface area contributed by atoms with E-state index in [4.69, 9.17) is 0 Å². The van der Waals surface area contributed by atoms with Crippen molar-refractivity contribution in [1.82, 2.24) is 4.57 Å². The minimum absolute atomic E-state index is 0.268. The highest BCUT2D eigenvalue weighted by Gasteiger charge is 2.34. The first-order valence-electron chi connectivity index (χ1n) is 8.57. The number of nitrogens with zero attached hydrogens (tertiary/aromatic N) is 1. The second-order valence-corrected chi connectivity index (χ2v) is 6.20. The Hall–Kier alpha value is -3.29. The van der Waals surface area contributed by atoms with Crippen LogP contribution in [0.2, 0.25) is 0 Å². The van der Waals surface area contributed by atoms with Crippen molar-refractivity contribution in [2.24, 2.45) is 0 Å². The van der Waals surface area contributed by atoms with Crippen LogP contribution >= 0.6 is 0 Å². The van der Waals surface area contributed by atoms with E-state index in [1.165, 1.54) is 22.8 Å². The maximum absolute atomic E-state index is 13.2. The number of carbonyl (C=O) groups is 1. The number of hydrogen-bond donors (Lipinski definition) is 2. The zero-order chi connectivity index (χ0) is 20.5. The fourth-order valence-corrected chi connectivity index (χ4v) is 3.06. The van der Waals surface area contributed by atoms with Gasteiger partial charge in [-0.3, -0.25) is 9.59 Å². The van der Waals surface area contributed by atoms with Crippen molar-refractivity contribution < 1.29 is 23.1 Å². The first-order valence-corrected chi connectivity index (χ1v) is 8.57. The van der Waals surface area contributed by atoms with E-state index in [9.17, 15) is 27.9 Å². The standard InChI is InChI=1S/C20H17F3N2O3/c1-2-11-25-15-10-6-3-7-12(15)17(26)16(19(25)28)18(27)24-14-9-5-4-8-13(14)20(21,22)23/h3-10,26H,2,11H2,1H3,(H,24,27). The second kappa shape index (κ2) is 7.38. The first-order chi connectivity index (χ1) is 13.3. The molecule has 0 atom stereocenters. The fraction of sp³-hybridized carbons (Fsp3) is 0.200. The number of aromatic nitrogens is 1. The number of rotatable bonds is 4. The Bertz CT molecular complexity index is 1100. The molecule has 0 unspecified atom stereocenters. The third-order valence-electron chi connectivity index (χ3n) is 4.30. The molecule has 2 aromatic carbocycles. The van der Waals surface area contributed by atoms with Crippen molar-refractivity contribution >= 4 is 22.5 Å². The van der Waals surface area contributed by atoms with Crippen LogP contribution in [-0.4, -0.2) is 15.6 Å². The molecular weight excluding hydrogens is 373 g/mol. The summed E-state index contributed by atoms with van der Waals surface area (Å²) in [5.74, 6) is -1.66. The number of amides is 1. The van der Waals surface area contributed by atoms with Gasteiger partial charge in [-0.25, -0.2) is 0 Å². The number of para-hydroxylation sites is 2. The van der Waals surface area contributed by atoms with E-state index in [1.807, 2.05) is 6.92 Å². The van der Waals surface area contributed by atoms with E-state index < -0.39 is 40.2 Å². The molecular formula is C20H17F3N2O3. The van der Waals surface area contributed by atoms with Crippen molar-refractivity contribution in [2.75, 3.05) is 5.32 Å². The molecule has 0 saturated carbocycles. The molecule has 0 fully saturated rings. The number of benzene rings is 2. The minimum atomic E-state index is -4.68. The number of fused-ring (bicyclic) bond motifs is 1. The molecule has 1 heterocycles. The number of anilines is 1. The summed E-state index contributed by atoms with van der Waals surface area (Å²) in [6, 6.07) is 10.9. The smallest absolute Gasteiger partial charge is 0.418 e. The number of nitrogens with one attached hydrogen (secondary N) is 1. The van der Waals surface area contributed by atoms with E-state index in [2.05, 4.69) is 5.32 Å². The topological polar surface area (TPSA) is 71.3 Å². The number of halogens is 3. The van der Waals surface area contributed by atoms with Gasteiger partial charge in [-0.05, 0) is 30.7 Å². The highest BCUT2D eigenvalue weighted by atomic mass is 19.4. The molecule has 0 aliphatic heterocycles. The van der Waals surface area contributed by atoms with Gasteiger partial charge in [0.15, 0.2) is 0 Å². The second-order valence-electron chi connectivity index (χ2n) is 6.20. The first kappa shape index (κ1) is 19.5. The maximum atomic E-state index is 13.2. The summed E-state index contributed by atoms with van der Waals surface area (Å²) in [4.78, 5) is 25.5. The summed E-state index contributed by atoms with van der Waals surface area (Å²) in [5.41, 5.74) is -2.45. The lowest BCUT2D eigenvalue weighted by atomic mass is 10.1. The Labute approximate surface area is 158 Å². The van der Waals surface area contributed by atoms with Gasteiger partial charge in [0.1, 0.15) is 11.3 Å². The Kier molecular flexibility index (Phi) is 5.13. The molecule has 1 aromatic heterocycles. The molecule has 2 N–H and O–H groups in total. The van der Waals surface area contributed by atoms with Crippen LogP contribution < -0.4 is 10.9 Å². The van der Waals surface area contributed by atoms with E-state index in [-0.39, 0.29) is 5.39 Å². The van der Waals surface area contributed by atoms with Crippen LogP contribution in [0.25, 0.3) is 10.9 Å². The molecule has 28 heavy (non-hydrogen) atoms. The predicted molar refractivity (Wildman–Crippen MR) is 99.6 cm³/mol. The third-order valence-corrected chi connectivity index (χ3v) is 4.30. The zero-order valence-electron chi connectivity index (χ0n) is 14.9. The molecule has 0 saturated heterocycles. The number of aromatic hydroxyl groups is 1. The molecule has 1 amide bonds. The Morgan fingerprint density at radius 1 is 1.11 bits per heavy atom. The lowest BCUT2D eigenvalue weighted by Gasteiger charge is -2.16. The van der Waals surface area contributed by atoms with E-state index in [0.29, 0.717) is 18.5 Å². The molecule has 0 radical (unpaired) electrons. The zero-order valence-corrected chi connectivity index (χ0v) is 14.9. The van der Waals surface area contributed by atoms with Crippen molar-refractivity contribution in [3.8, 4) is 5.75 Å². The number of carbonyl (C=O) groups excluding carboxylic acids is 1. The average molecular weight is 390 g/mol. The summed E-state index contributed by atoms with van der Waals surface area (Å²) in [5, 5.41) is 12.9. The minimum Gasteiger partial charge on any atom is -0.506 e. The van der Waals surface area contributed by atoms with Crippen LogP contribution in [0, 0.1) is 0 Å². The molecule has 0 aliphatic rings. The van der Waals surface area contributed by atoms with Gasteiger partial charge in [0.2, 0.25) is 0 Å². The summed E-state index contributed by atoms with van der Waals surface area (Å²) < 4.78 is 40.8. The number of pyridine rings is 1. The van der Waals surface area contributed by atoms with Gasteiger partial charge in [0, 0.05) is 11.9 Å². The fourth-order valence-electron chi connectivity index (χ4n) is 3.06. The van der Waals surface area contributed by atoms with Crippen LogP contribution in [0.5, 0.6) is 5.75 Å². The largest absolute Gasteiger partial charge is 0.506 e. The van der Waals surface area contributed by atoms with Crippen molar-refractivity contribution in [3.05, 3.63) is 70.0 Å². The predicted octanol–water partition coefficient (Wildman–Crippen LogP) is 4.39. The van der Waals surface area contributed by atoms with Crippen LogP contribution in [0.3, 0.4) is 0 Å². The number of aryl methyl sites for hydroxylation is 1. The van der Waals surface area contributed by atoms with Crippen LogP contribution in [0.4, 0.5) is 18.9 Å². The molecule has 0 spiro atoms. The van der Waals surface area contributed by atoms with Gasteiger partial charge in [-0.2, -0.15) is 13.2 Å². The average Bonchev–Trinajstić information content (AvgIpc) is 2.65. The summed E-state index contributed by atoms with van der Waals surface area (Å²) in [6.45, 7) is 2.13. The van der Waals surface area contributed by atoms with Crippen molar-refractivity contribution in [1.29, 1.82) is 0 Å². The molecule has 3 aromatic rings. The van der Waals surface area contributed by atoms with Crippen LogP contribution in [0.1, 0.15) is 29.3 Å². The van der Waals surface area contributed by atoms with E-state index in [0.717, 1.165) is 12.1 Å². The summed E-state index contributed by atoms with van der Waals surface area (Å²) >= 11 is 0. The van der Waals surface area contributed by atoms with Gasteiger partial charge in [-0.1, -0.05) is 31.2 Å². The number of hydrogen-bond acceptors (Lipinski definition) is 3. The molecule has 5 nitrogen and oxygen atoms in total.